The molecule has 2 aromatic heterocycles. The maximum Gasteiger partial charge on any atom is 0.211 e. The number of benzene rings is 2. The van der Waals surface area contributed by atoms with Crippen LogP contribution < -0.4 is 0 Å². The van der Waals surface area contributed by atoms with Gasteiger partial charge in [0.15, 0.2) is 0 Å². The molecule has 3 aliphatic rings. The van der Waals surface area contributed by atoms with Crippen LogP contribution in [0, 0.1) is 0 Å². The molecule has 0 saturated heterocycles. The van der Waals surface area contributed by atoms with E-state index in [4.69, 9.17) is 0 Å². The lowest BCUT2D eigenvalue weighted by Gasteiger charge is -2.38. The highest BCUT2D eigenvalue weighted by molar-refractivity contribution is 6.45. The summed E-state index contributed by atoms with van der Waals surface area (Å²) in [5, 5.41) is 0. The van der Waals surface area contributed by atoms with Gasteiger partial charge in [-0.15, -0.1) is 0 Å². The van der Waals surface area contributed by atoms with Gasteiger partial charge in [0, 0.05) is 24.8 Å². The molecule has 26 heavy (non-hydrogen) atoms. The van der Waals surface area contributed by atoms with Gasteiger partial charge in [0.1, 0.15) is 0 Å². The normalized spacial score (nSPS) is 20.5. The average Bonchev–Trinajstić information content (AvgIpc) is 2.67. The van der Waals surface area contributed by atoms with E-state index in [1.807, 2.05) is 24.3 Å². The van der Waals surface area contributed by atoms with Crippen LogP contribution in [0.1, 0.15) is 34.1 Å². The summed E-state index contributed by atoms with van der Waals surface area (Å²) in [6.07, 6.45) is 6.50. The second kappa shape index (κ2) is 4.54. The van der Waals surface area contributed by atoms with Crippen molar-refractivity contribution in [1.82, 2.24) is 19.9 Å². The second-order valence-electron chi connectivity index (χ2n) is 6.65. The zero-order valence-corrected chi connectivity index (χ0v) is 13.4. The lowest BCUT2D eigenvalue weighted by molar-refractivity contribution is -0.138. The molecule has 0 N–H and O–H groups in total. The van der Waals surface area contributed by atoms with Crippen molar-refractivity contribution in [3.63, 3.8) is 0 Å². The van der Waals surface area contributed by atoms with Crippen LogP contribution >= 0.6 is 0 Å². The van der Waals surface area contributed by atoms with E-state index in [1.54, 1.807) is 24.8 Å². The van der Waals surface area contributed by atoms with Gasteiger partial charge in [-0.25, -0.2) is 0 Å². The smallest absolute Gasteiger partial charge is 0.211 e. The highest BCUT2D eigenvalue weighted by Gasteiger charge is 2.49. The fourth-order valence-electron chi connectivity index (χ4n) is 4.27. The Kier molecular flexibility index (Phi) is 2.40. The van der Waals surface area contributed by atoms with Crippen LogP contribution in [-0.4, -0.2) is 31.5 Å². The lowest BCUT2D eigenvalue weighted by atomic mass is 9.62. The summed E-state index contributed by atoms with van der Waals surface area (Å²) in [6.45, 7) is 0. The van der Waals surface area contributed by atoms with Crippen LogP contribution in [0.5, 0.6) is 0 Å². The fraction of sp³-hybridized carbons (Fsp3) is 0.100. The molecule has 2 heterocycles. The van der Waals surface area contributed by atoms with E-state index < -0.39 is 11.8 Å². The van der Waals surface area contributed by atoms with E-state index in [0.717, 1.165) is 44.3 Å². The third-order valence-electron chi connectivity index (χ3n) is 5.36. The molecule has 0 atom stereocenters. The van der Waals surface area contributed by atoms with Gasteiger partial charge in [0.05, 0.1) is 33.9 Å². The van der Waals surface area contributed by atoms with Crippen molar-refractivity contribution in [3.05, 3.63) is 71.3 Å². The maximum absolute atomic E-state index is 12.8. The first-order valence-corrected chi connectivity index (χ1v) is 8.29. The van der Waals surface area contributed by atoms with Gasteiger partial charge in [0.2, 0.25) is 11.6 Å². The zero-order valence-electron chi connectivity index (χ0n) is 13.4. The monoisotopic (exact) mass is 338 g/mol. The summed E-state index contributed by atoms with van der Waals surface area (Å²) in [4.78, 5) is 42.9. The van der Waals surface area contributed by atoms with Crippen LogP contribution in [0.25, 0.3) is 22.1 Å². The number of aromatic nitrogens is 4. The molecule has 0 saturated carbocycles. The summed E-state index contributed by atoms with van der Waals surface area (Å²) in [7, 11) is 0. The van der Waals surface area contributed by atoms with Crippen LogP contribution in [0.2, 0.25) is 0 Å². The second-order valence-corrected chi connectivity index (χ2v) is 6.65. The summed E-state index contributed by atoms with van der Waals surface area (Å²) >= 11 is 0. The molecule has 2 bridgehead atoms. The molecule has 3 aliphatic carbocycles. The summed E-state index contributed by atoms with van der Waals surface area (Å²) < 4.78 is 0. The van der Waals surface area contributed by atoms with E-state index >= 15 is 0 Å². The predicted molar refractivity (Wildman–Crippen MR) is 92.8 cm³/mol. The van der Waals surface area contributed by atoms with Crippen molar-refractivity contribution < 1.29 is 9.59 Å². The van der Waals surface area contributed by atoms with Crippen LogP contribution in [0.4, 0.5) is 0 Å². The third kappa shape index (κ3) is 1.56. The molecule has 0 radical (unpaired) electrons. The number of nitrogens with zero attached hydrogens (tertiary/aromatic N) is 4. The number of carbonyl (C=O) groups is 2. The topological polar surface area (TPSA) is 85.7 Å². The number of hydrogen-bond acceptors (Lipinski definition) is 6. The van der Waals surface area contributed by atoms with E-state index in [9.17, 15) is 9.59 Å². The number of ketones is 2. The van der Waals surface area contributed by atoms with E-state index in [1.165, 1.54) is 0 Å². The van der Waals surface area contributed by atoms with E-state index in [-0.39, 0.29) is 11.6 Å². The maximum atomic E-state index is 12.8. The Balaban J connectivity index is 1.73. The molecule has 0 unspecified atom stereocenters. The van der Waals surface area contributed by atoms with Crippen LogP contribution in [0.3, 0.4) is 0 Å². The molecular weight excluding hydrogens is 328 g/mol. The van der Waals surface area contributed by atoms with E-state index in [0.29, 0.717) is 0 Å². The van der Waals surface area contributed by atoms with Crippen molar-refractivity contribution >= 4 is 33.6 Å². The van der Waals surface area contributed by atoms with Crippen LogP contribution in [-0.2, 0) is 9.59 Å². The minimum Gasteiger partial charge on any atom is -0.290 e. The highest BCUT2D eigenvalue weighted by Crippen LogP contribution is 2.50. The van der Waals surface area contributed by atoms with Gasteiger partial charge in [-0.1, -0.05) is 0 Å². The quantitative estimate of drug-likeness (QED) is 0.457. The molecule has 6 heteroatoms. The van der Waals surface area contributed by atoms with Gasteiger partial charge in [-0.3, -0.25) is 29.5 Å². The number of Topliss-reactive ketones (excluding diaryl/α,β-unsaturated/α-hetero) is 2. The first-order chi connectivity index (χ1) is 12.7. The van der Waals surface area contributed by atoms with Crippen molar-refractivity contribution in [2.45, 2.75) is 11.8 Å². The SMILES string of the molecule is O=C1C(=O)C2c3cc4nccnc4cc3C1c1cc3nccnc3cc12. The largest absolute Gasteiger partial charge is 0.290 e. The van der Waals surface area contributed by atoms with Gasteiger partial charge in [0.25, 0.3) is 0 Å². The van der Waals surface area contributed by atoms with Crippen LogP contribution in [0.15, 0.2) is 49.1 Å². The van der Waals surface area contributed by atoms with Gasteiger partial charge in [-0.2, -0.15) is 0 Å². The van der Waals surface area contributed by atoms with Gasteiger partial charge < -0.3 is 0 Å². The molecule has 0 spiro atoms. The molecular formula is C20H10N4O2. The molecule has 7 rings (SSSR count). The Morgan fingerprint density at radius 2 is 0.769 bits per heavy atom. The molecule has 122 valence electrons. The van der Waals surface area contributed by atoms with Crippen molar-refractivity contribution in [2.24, 2.45) is 0 Å². The molecule has 4 aromatic rings. The lowest BCUT2D eigenvalue weighted by Crippen LogP contribution is -2.40. The number of carbonyl (C=O) groups excluding carboxylic acids is 2. The van der Waals surface area contributed by atoms with Crippen molar-refractivity contribution in [1.29, 1.82) is 0 Å². The molecule has 0 amide bonds. The van der Waals surface area contributed by atoms with Crippen molar-refractivity contribution in [3.8, 4) is 0 Å². The van der Waals surface area contributed by atoms with Gasteiger partial charge in [-0.05, 0) is 46.5 Å². The first kappa shape index (κ1) is 13.7. The minimum atomic E-state index is -0.602. The van der Waals surface area contributed by atoms with E-state index in [2.05, 4.69) is 19.9 Å². The fourth-order valence-corrected chi connectivity index (χ4v) is 4.27. The first-order valence-electron chi connectivity index (χ1n) is 8.29. The van der Waals surface area contributed by atoms with Crippen molar-refractivity contribution in [2.75, 3.05) is 0 Å². The Bertz CT molecular complexity index is 1110. The standard InChI is InChI=1S/C20H10N4O2/c25-19-17-9-5-13-14(22-2-1-21-13)6-10(9)18(20(19)26)12-8-16-15(7-11(12)17)23-3-4-24-16/h1-8,17-18H. The highest BCUT2D eigenvalue weighted by atomic mass is 16.2. The number of fused-ring (bicyclic) bond motifs is 3. The molecule has 2 aromatic carbocycles. The Morgan fingerprint density at radius 3 is 1.04 bits per heavy atom. The Morgan fingerprint density at radius 1 is 0.500 bits per heavy atom. The number of hydrogen-bond donors (Lipinski definition) is 0. The predicted octanol–water partition coefficient (Wildman–Crippen LogP) is 2.30. The third-order valence-corrected chi connectivity index (χ3v) is 5.36. The Labute approximate surface area is 147 Å². The summed E-state index contributed by atoms with van der Waals surface area (Å²) in [5.41, 5.74) is 6.29. The number of rotatable bonds is 0. The zero-order chi connectivity index (χ0) is 17.4. The summed E-state index contributed by atoms with van der Waals surface area (Å²) in [6, 6.07) is 7.57. The van der Waals surface area contributed by atoms with Gasteiger partial charge >= 0.3 is 0 Å². The Hall–Kier alpha value is -3.54. The summed E-state index contributed by atoms with van der Waals surface area (Å²) in [5.74, 6) is -1.92. The molecule has 0 fully saturated rings. The molecule has 6 nitrogen and oxygen atoms in total. The average molecular weight is 338 g/mol. The minimum absolute atomic E-state index is 0.360. The molecule has 0 aliphatic heterocycles.